The Bertz CT molecular complexity index is 109. The second-order valence-corrected chi connectivity index (χ2v) is 4.00. The third kappa shape index (κ3) is 1.50. The van der Waals surface area contributed by atoms with Crippen LogP contribution in [-0.2, 0) is 0 Å². The van der Waals surface area contributed by atoms with E-state index in [1.165, 1.54) is 0 Å². The third-order valence-corrected chi connectivity index (χ3v) is 2.62. The van der Waals surface area contributed by atoms with Crippen LogP contribution in [0.15, 0.2) is 0 Å². The molecule has 3 atom stereocenters. The Morgan fingerprint density at radius 3 is 2.10 bits per heavy atom. The fraction of sp³-hybridized carbons (Fsp3) is 1.00. The normalized spacial score (nSPS) is 41.1. The van der Waals surface area contributed by atoms with Gasteiger partial charge in [-0.1, -0.05) is 20.8 Å². The van der Waals surface area contributed by atoms with Crippen molar-refractivity contribution in [3.63, 3.8) is 0 Å². The van der Waals surface area contributed by atoms with Gasteiger partial charge in [-0.15, -0.1) is 0 Å². The molecule has 1 rings (SSSR count). The summed E-state index contributed by atoms with van der Waals surface area (Å²) in [7, 11) is 0. The van der Waals surface area contributed by atoms with E-state index in [-0.39, 0.29) is 0 Å². The molecule has 0 N–H and O–H groups in total. The molecule has 0 bridgehead atoms. The molecular formula is C9H17F. The largest absolute Gasteiger partial charge is 0.247 e. The maximum atomic E-state index is 13.1. The lowest BCUT2D eigenvalue weighted by Gasteiger charge is -2.15. The summed E-state index contributed by atoms with van der Waals surface area (Å²) in [6.45, 7) is 6.39. The van der Waals surface area contributed by atoms with Crippen molar-refractivity contribution in [2.45, 2.75) is 39.8 Å². The Morgan fingerprint density at radius 1 is 1.30 bits per heavy atom. The maximum Gasteiger partial charge on any atom is 0.103 e. The zero-order chi connectivity index (χ0) is 7.72. The van der Waals surface area contributed by atoms with E-state index in [0.717, 1.165) is 12.8 Å². The predicted molar refractivity (Wildman–Crippen MR) is 41.6 cm³/mol. The molecule has 3 unspecified atom stereocenters. The highest BCUT2D eigenvalue weighted by atomic mass is 19.1. The van der Waals surface area contributed by atoms with Crippen LogP contribution in [0.2, 0.25) is 0 Å². The quantitative estimate of drug-likeness (QED) is 0.530. The molecule has 0 spiro atoms. The van der Waals surface area contributed by atoms with Gasteiger partial charge in [-0.25, -0.2) is 4.39 Å². The van der Waals surface area contributed by atoms with Gasteiger partial charge in [-0.3, -0.25) is 0 Å². The van der Waals surface area contributed by atoms with Gasteiger partial charge >= 0.3 is 0 Å². The lowest BCUT2D eigenvalue weighted by Crippen LogP contribution is -2.14. The van der Waals surface area contributed by atoms with E-state index in [1.54, 1.807) is 0 Å². The molecule has 1 fully saturated rings. The first kappa shape index (κ1) is 8.03. The van der Waals surface area contributed by atoms with Crippen LogP contribution in [0.4, 0.5) is 4.39 Å². The number of alkyl halides is 1. The van der Waals surface area contributed by atoms with Crippen LogP contribution in [0.1, 0.15) is 33.6 Å². The fourth-order valence-corrected chi connectivity index (χ4v) is 1.96. The van der Waals surface area contributed by atoms with E-state index in [9.17, 15) is 4.39 Å². The van der Waals surface area contributed by atoms with Crippen LogP contribution in [0.3, 0.4) is 0 Å². The molecule has 10 heavy (non-hydrogen) atoms. The Hall–Kier alpha value is -0.0700. The molecule has 0 radical (unpaired) electrons. The first-order valence-corrected chi connectivity index (χ1v) is 4.25. The summed E-state index contributed by atoms with van der Waals surface area (Å²) in [4.78, 5) is 0. The molecule has 0 aromatic carbocycles. The maximum absolute atomic E-state index is 13.1. The summed E-state index contributed by atoms with van der Waals surface area (Å²) >= 11 is 0. The molecule has 1 aliphatic carbocycles. The molecule has 1 heteroatoms. The zero-order valence-electron chi connectivity index (χ0n) is 7.10. The van der Waals surface area contributed by atoms with Gasteiger partial charge in [-0.05, 0) is 30.6 Å². The van der Waals surface area contributed by atoms with Crippen molar-refractivity contribution in [1.29, 1.82) is 0 Å². The lowest BCUT2D eigenvalue weighted by atomic mass is 9.93. The summed E-state index contributed by atoms with van der Waals surface area (Å²) in [5.41, 5.74) is 0. The van der Waals surface area contributed by atoms with Crippen LogP contribution in [0.5, 0.6) is 0 Å². The monoisotopic (exact) mass is 144 g/mol. The Labute approximate surface area is 62.8 Å². The number of halogens is 1. The van der Waals surface area contributed by atoms with Gasteiger partial charge in [0, 0.05) is 0 Å². The first-order valence-electron chi connectivity index (χ1n) is 4.25. The molecule has 1 aliphatic rings. The van der Waals surface area contributed by atoms with E-state index < -0.39 is 6.17 Å². The summed E-state index contributed by atoms with van der Waals surface area (Å²) in [6.07, 6.45) is 1.37. The SMILES string of the molecule is CC1CC(F)C(C(C)C)C1. The summed E-state index contributed by atoms with van der Waals surface area (Å²) in [5, 5.41) is 0. The smallest absolute Gasteiger partial charge is 0.103 e. The van der Waals surface area contributed by atoms with Gasteiger partial charge in [0.15, 0.2) is 0 Å². The average molecular weight is 144 g/mol. The summed E-state index contributed by atoms with van der Waals surface area (Å²) in [6, 6.07) is 0. The van der Waals surface area contributed by atoms with Crippen molar-refractivity contribution in [3.05, 3.63) is 0 Å². The second-order valence-electron chi connectivity index (χ2n) is 4.00. The average Bonchev–Trinajstić information content (AvgIpc) is 2.10. The second kappa shape index (κ2) is 2.89. The van der Waals surface area contributed by atoms with Gasteiger partial charge in [0.25, 0.3) is 0 Å². The number of hydrogen-bond acceptors (Lipinski definition) is 0. The minimum atomic E-state index is -0.519. The van der Waals surface area contributed by atoms with Gasteiger partial charge in [0.2, 0.25) is 0 Å². The van der Waals surface area contributed by atoms with E-state index in [4.69, 9.17) is 0 Å². The minimum Gasteiger partial charge on any atom is -0.247 e. The highest BCUT2D eigenvalue weighted by molar-refractivity contribution is 4.82. The van der Waals surface area contributed by atoms with Crippen molar-refractivity contribution in [2.24, 2.45) is 17.8 Å². The lowest BCUT2D eigenvalue weighted by molar-refractivity contribution is 0.215. The van der Waals surface area contributed by atoms with Crippen LogP contribution in [-0.4, -0.2) is 6.17 Å². The van der Waals surface area contributed by atoms with Crippen LogP contribution < -0.4 is 0 Å². The molecule has 0 heterocycles. The molecule has 0 aromatic rings. The minimum absolute atomic E-state index is 0.343. The van der Waals surface area contributed by atoms with Crippen molar-refractivity contribution in [3.8, 4) is 0 Å². The number of hydrogen-bond donors (Lipinski definition) is 0. The van der Waals surface area contributed by atoms with Crippen molar-refractivity contribution < 1.29 is 4.39 Å². The Morgan fingerprint density at radius 2 is 1.90 bits per heavy atom. The van der Waals surface area contributed by atoms with Crippen LogP contribution in [0.25, 0.3) is 0 Å². The van der Waals surface area contributed by atoms with Crippen molar-refractivity contribution in [1.82, 2.24) is 0 Å². The molecule has 0 nitrogen and oxygen atoms in total. The zero-order valence-corrected chi connectivity index (χ0v) is 7.10. The molecule has 1 saturated carbocycles. The van der Waals surface area contributed by atoms with Gasteiger partial charge in [-0.2, -0.15) is 0 Å². The first-order chi connectivity index (χ1) is 4.61. The Balaban J connectivity index is 2.46. The Kier molecular flexibility index (Phi) is 2.32. The van der Waals surface area contributed by atoms with E-state index in [1.807, 2.05) is 0 Å². The van der Waals surface area contributed by atoms with E-state index in [0.29, 0.717) is 17.8 Å². The standard InChI is InChI=1S/C9H17F/c1-6(2)8-4-7(3)5-9(8)10/h6-9H,4-5H2,1-3H3. The van der Waals surface area contributed by atoms with Crippen molar-refractivity contribution >= 4 is 0 Å². The summed E-state index contributed by atoms with van der Waals surface area (Å²) < 4.78 is 13.1. The van der Waals surface area contributed by atoms with Gasteiger partial charge in [0.1, 0.15) is 6.17 Å². The molecule has 0 aliphatic heterocycles. The van der Waals surface area contributed by atoms with Crippen molar-refractivity contribution in [2.75, 3.05) is 0 Å². The predicted octanol–water partition coefficient (Wildman–Crippen LogP) is 3.03. The van der Waals surface area contributed by atoms with Crippen LogP contribution in [0, 0.1) is 17.8 Å². The molecule has 0 amide bonds. The molecule has 0 saturated heterocycles. The summed E-state index contributed by atoms with van der Waals surface area (Å²) in [5.74, 6) is 1.48. The third-order valence-electron chi connectivity index (χ3n) is 2.62. The number of rotatable bonds is 1. The van der Waals surface area contributed by atoms with Gasteiger partial charge in [0.05, 0.1) is 0 Å². The topological polar surface area (TPSA) is 0 Å². The highest BCUT2D eigenvalue weighted by Gasteiger charge is 2.33. The van der Waals surface area contributed by atoms with E-state index >= 15 is 0 Å². The van der Waals surface area contributed by atoms with E-state index in [2.05, 4.69) is 20.8 Å². The van der Waals surface area contributed by atoms with Gasteiger partial charge < -0.3 is 0 Å². The molecule has 60 valence electrons. The molecular weight excluding hydrogens is 127 g/mol. The highest BCUT2D eigenvalue weighted by Crippen LogP contribution is 2.37. The van der Waals surface area contributed by atoms with Crippen LogP contribution >= 0.6 is 0 Å². The molecule has 0 aromatic heterocycles. The fourth-order valence-electron chi connectivity index (χ4n) is 1.96.